The molecule has 3 rings (SSSR count). The van der Waals surface area contributed by atoms with Crippen LogP contribution >= 0.6 is 0 Å². The Morgan fingerprint density at radius 2 is 2.32 bits per heavy atom. The van der Waals surface area contributed by atoms with Crippen LogP contribution in [0.5, 0.6) is 0 Å². The molecule has 2 amide bonds. The number of hydrogen-bond donors (Lipinski definition) is 3. The molecule has 7 heteroatoms. The lowest BCUT2D eigenvalue weighted by molar-refractivity contribution is 0.151. The summed E-state index contributed by atoms with van der Waals surface area (Å²) >= 11 is 0. The largest absolute Gasteiger partial charge is 0.334 e. The van der Waals surface area contributed by atoms with Gasteiger partial charge in [0.05, 0.1) is 17.9 Å². The highest BCUT2D eigenvalue weighted by Crippen LogP contribution is 2.30. The fourth-order valence-corrected chi connectivity index (χ4v) is 3.06. The zero-order valence-electron chi connectivity index (χ0n) is 13.0. The fourth-order valence-electron chi connectivity index (χ4n) is 3.06. The summed E-state index contributed by atoms with van der Waals surface area (Å²) in [5.74, 6) is 0. The van der Waals surface area contributed by atoms with Crippen molar-refractivity contribution in [1.29, 1.82) is 0 Å². The first-order valence-electron chi connectivity index (χ1n) is 7.70. The maximum Gasteiger partial charge on any atom is 0.318 e. The van der Waals surface area contributed by atoms with Gasteiger partial charge in [0.15, 0.2) is 0 Å². The summed E-state index contributed by atoms with van der Waals surface area (Å²) < 4.78 is 0. The van der Waals surface area contributed by atoms with Crippen LogP contribution in [0.25, 0.3) is 0 Å². The van der Waals surface area contributed by atoms with Gasteiger partial charge < -0.3 is 10.2 Å². The lowest BCUT2D eigenvalue weighted by Crippen LogP contribution is -2.44. The number of likely N-dealkylation sites (tertiary alicyclic amines) is 1. The zero-order valence-corrected chi connectivity index (χ0v) is 13.0. The van der Waals surface area contributed by atoms with E-state index in [0.717, 1.165) is 48.3 Å². The molecule has 118 valence electrons. The maximum absolute atomic E-state index is 12.6. The normalized spacial score (nSPS) is 18.5. The molecule has 3 N–H and O–H groups in total. The van der Waals surface area contributed by atoms with Crippen LogP contribution in [0.4, 0.5) is 4.79 Å². The Bertz CT molecular complexity index is 613. The van der Waals surface area contributed by atoms with Gasteiger partial charge in [-0.15, -0.1) is 0 Å². The van der Waals surface area contributed by atoms with Gasteiger partial charge in [-0.25, -0.2) is 4.79 Å². The third-order valence-corrected chi connectivity index (χ3v) is 4.36. The summed E-state index contributed by atoms with van der Waals surface area (Å²) in [7, 11) is 0. The average molecular weight is 302 g/mol. The highest BCUT2D eigenvalue weighted by atomic mass is 16.2. The number of hydrogen-bond acceptors (Lipinski definition) is 3. The van der Waals surface area contributed by atoms with Gasteiger partial charge in [0.25, 0.3) is 0 Å². The number of carbonyl (C=O) groups excluding carboxylic acids is 1. The number of amides is 2. The molecule has 0 saturated carbocycles. The first-order valence-corrected chi connectivity index (χ1v) is 7.70. The van der Waals surface area contributed by atoms with E-state index < -0.39 is 0 Å². The monoisotopic (exact) mass is 302 g/mol. The average Bonchev–Trinajstić information content (AvgIpc) is 3.16. The molecule has 1 aliphatic rings. The topological polar surface area (TPSA) is 89.7 Å². The molecule has 0 bridgehead atoms. The van der Waals surface area contributed by atoms with Crippen molar-refractivity contribution in [3.05, 3.63) is 34.9 Å². The molecule has 7 nitrogen and oxygen atoms in total. The molecule has 22 heavy (non-hydrogen) atoms. The second kappa shape index (κ2) is 6.21. The second-order valence-corrected chi connectivity index (χ2v) is 5.81. The van der Waals surface area contributed by atoms with Gasteiger partial charge in [0.2, 0.25) is 0 Å². The minimum Gasteiger partial charge on any atom is -0.334 e. The molecular weight excluding hydrogens is 280 g/mol. The Balaban J connectivity index is 1.67. The van der Waals surface area contributed by atoms with Crippen LogP contribution < -0.4 is 5.32 Å². The Morgan fingerprint density at radius 1 is 1.45 bits per heavy atom. The zero-order chi connectivity index (χ0) is 15.5. The van der Waals surface area contributed by atoms with Crippen molar-refractivity contribution in [2.75, 3.05) is 6.54 Å². The molecule has 3 heterocycles. The van der Waals surface area contributed by atoms with E-state index in [0.29, 0.717) is 6.54 Å². The molecule has 1 fully saturated rings. The van der Waals surface area contributed by atoms with E-state index in [1.807, 2.05) is 24.9 Å². The number of rotatable bonds is 3. The van der Waals surface area contributed by atoms with Crippen LogP contribution in [0.2, 0.25) is 0 Å². The van der Waals surface area contributed by atoms with Gasteiger partial charge in [0, 0.05) is 36.1 Å². The molecule has 2 aromatic rings. The van der Waals surface area contributed by atoms with E-state index in [-0.39, 0.29) is 12.1 Å². The van der Waals surface area contributed by atoms with Gasteiger partial charge in [0.1, 0.15) is 0 Å². The molecule has 1 unspecified atom stereocenters. The van der Waals surface area contributed by atoms with E-state index >= 15 is 0 Å². The molecule has 1 saturated heterocycles. The lowest BCUT2D eigenvalue weighted by Gasteiger charge is -2.35. The summed E-state index contributed by atoms with van der Waals surface area (Å²) in [6.07, 6.45) is 6.85. The van der Waals surface area contributed by atoms with E-state index in [1.54, 1.807) is 6.20 Å². The molecule has 0 radical (unpaired) electrons. The molecule has 0 spiro atoms. The molecule has 1 aliphatic heterocycles. The summed E-state index contributed by atoms with van der Waals surface area (Å²) in [4.78, 5) is 14.5. The van der Waals surface area contributed by atoms with Crippen molar-refractivity contribution in [2.24, 2.45) is 0 Å². The SMILES string of the molecule is Cc1n[nH]c(C)c1CNC(=O)N1CCCCC1c1cn[nH]c1. The number of nitrogens with zero attached hydrogens (tertiary/aromatic N) is 3. The number of nitrogens with one attached hydrogen (secondary N) is 3. The van der Waals surface area contributed by atoms with Gasteiger partial charge >= 0.3 is 6.03 Å². The molecule has 2 aromatic heterocycles. The molecule has 0 aliphatic carbocycles. The van der Waals surface area contributed by atoms with Crippen LogP contribution in [0.3, 0.4) is 0 Å². The Morgan fingerprint density at radius 3 is 3.00 bits per heavy atom. The van der Waals surface area contributed by atoms with E-state index in [4.69, 9.17) is 0 Å². The van der Waals surface area contributed by atoms with Gasteiger partial charge in [-0.3, -0.25) is 10.2 Å². The third kappa shape index (κ3) is 2.84. The van der Waals surface area contributed by atoms with Crippen LogP contribution in [0.15, 0.2) is 12.4 Å². The highest BCUT2D eigenvalue weighted by Gasteiger charge is 2.28. The third-order valence-electron chi connectivity index (χ3n) is 4.36. The summed E-state index contributed by atoms with van der Waals surface area (Å²) in [6.45, 7) is 5.20. The van der Waals surface area contributed by atoms with Crippen molar-refractivity contribution < 1.29 is 4.79 Å². The highest BCUT2D eigenvalue weighted by molar-refractivity contribution is 5.75. The van der Waals surface area contributed by atoms with Crippen molar-refractivity contribution in [1.82, 2.24) is 30.6 Å². The van der Waals surface area contributed by atoms with Crippen molar-refractivity contribution in [3.63, 3.8) is 0 Å². The number of urea groups is 1. The summed E-state index contributed by atoms with van der Waals surface area (Å²) in [5, 5.41) is 17.0. The number of aromatic nitrogens is 4. The minimum absolute atomic E-state index is 0.0223. The smallest absolute Gasteiger partial charge is 0.318 e. The van der Waals surface area contributed by atoms with Crippen LogP contribution in [0.1, 0.15) is 47.8 Å². The Labute approximate surface area is 129 Å². The second-order valence-electron chi connectivity index (χ2n) is 5.81. The van der Waals surface area contributed by atoms with Crippen molar-refractivity contribution >= 4 is 6.03 Å². The lowest BCUT2D eigenvalue weighted by atomic mass is 9.98. The molecule has 1 atom stereocenters. The maximum atomic E-state index is 12.6. The summed E-state index contributed by atoms with van der Waals surface area (Å²) in [5.41, 5.74) is 4.07. The number of H-pyrrole nitrogens is 2. The standard InChI is InChI=1S/C15H22N6O/c1-10-13(11(2)20-19-10)9-16-15(22)21-6-4-3-5-14(21)12-7-17-18-8-12/h7-8,14H,3-6,9H2,1-2H3,(H,16,22)(H,17,18)(H,19,20). The number of piperidine rings is 1. The first kappa shape index (κ1) is 14.6. The Kier molecular flexibility index (Phi) is 4.13. The van der Waals surface area contributed by atoms with Gasteiger partial charge in [-0.05, 0) is 33.1 Å². The van der Waals surface area contributed by atoms with Crippen molar-refractivity contribution in [2.45, 2.75) is 45.7 Å². The molecular formula is C15H22N6O. The minimum atomic E-state index is -0.0223. The van der Waals surface area contributed by atoms with E-state index in [1.165, 1.54) is 0 Å². The fraction of sp³-hybridized carbons (Fsp3) is 0.533. The van der Waals surface area contributed by atoms with Crippen LogP contribution in [0, 0.1) is 13.8 Å². The van der Waals surface area contributed by atoms with E-state index in [9.17, 15) is 4.79 Å². The number of carbonyl (C=O) groups is 1. The quantitative estimate of drug-likeness (QED) is 0.812. The van der Waals surface area contributed by atoms with Crippen LogP contribution in [-0.2, 0) is 6.54 Å². The van der Waals surface area contributed by atoms with Crippen LogP contribution in [-0.4, -0.2) is 37.9 Å². The predicted octanol–water partition coefficient (Wildman–Crippen LogP) is 2.19. The van der Waals surface area contributed by atoms with Gasteiger partial charge in [-0.1, -0.05) is 0 Å². The Hall–Kier alpha value is -2.31. The number of aromatic amines is 2. The van der Waals surface area contributed by atoms with Gasteiger partial charge in [-0.2, -0.15) is 10.2 Å². The molecule has 0 aromatic carbocycles. The first-order chi connectivity index (χ1) is 10.7. The summed E-state index contributed by atoms with van der Waals surface area (Å²) in [6, 6.07) is 0.0879. The predicted molar refractivity (Wildman–Crippen MR) is 82.2 cm³/mol. The van der Waals surface area contributed by atoms with Crippen molar-refractivity contribution in [3.8, 4) is 0 Å². The van der Waals surface area contributed by atoms with E-state index in [2.05, 4.69) is 25.7 Å². The number of aryl methyl sites for hydroxylation is 2.